The number of amides is 2. The number of ether oxygens (including phenoxy) is 1. The number of aryl methyl sites for hydroxylation is 1. The van der Waals surface area contributed by atoms with Crippen molar-refractivity contribution in [1.29, 1.82) is 0 Å². The van der Waals surface area contributed by atoms with Crippen molar-refractivity contribution >= 4 is 39.9 Å². The largest absolute Gasteiger partial charge is 0.506 e. The minimum absolute atomic E-state index is 0.0858. The lowest BCUT2D eigenvalue weighted by Crippen LogP contribution is -2.31. The van der Waals surface area contributed by atoms with Crippen LogP contribution in [-0.2, 0) is 11.2 Å². The molecule has 2 aromatic rings. The quantitative estimate of drug-likeness (QED) is 0.384. The van der Waals surface area contributed by atoms with Gasteiger partial charge < -0.3 is 20.5 Å². The predicted molar refractivity (Wildman–Crippen MR) is 112 cm³/mol. The number of carbonyl (C=O) groups is 2. The molecule has 0 saturated carbocycles. The van der Waals surface area contributed by atoms with Crippen molar-refractivity contribution in [3.8, 4) is 0 Å². The minimum atomic E-state index is -0.403. The molecule has 2 heterocycles. The van der Waals surface area contributed by atoms with E-state index in [1.807, 2.05) is 6.92 Å². The Hall–Kier alpha value is -2.98. The standard InChI is InChI=1S/C19H23N5O4S/c1-3-20-14-7-4-11(10-22-14)15(25)12-5-6-13-17(16(12)26)29-19(23-13)24-18(27)21-8-9-28-2/h4,7,10,26H,3,5-6,8-9H2,1-2H3,(H,20,22)(H2,21,23,24,27). The highest BCUT2D eigenvalue weighted by Crippen LogP contribution is 2.37. The number of anilines is 2. The number of ketones is 1. The molecule has 3 rings (SSSR count). The first kappa shape index (κ1) is 20.7. The van der Waals surface area contributed by atoms with Gasteiger partial charge in [-0.15, -0.1) is 0 Å². The normalized spacial score (nSPS) is 13.0. The highest BCUT2D eigenvalue weighted by atomic mass is 32.1. The molecule has 0 aromatic carbocycles. The summed E-state index contributed by atoms with van der Waals surface area (Å²) >= 11 is 1.14. The first-order valence-electron chi connectivity index (χ1n) is 9.24. The topological polar surface area (TPSA) is 125 Å². The summed E-state index contributed by atoms with van der Waals surface area (Å²) < 4.78 is 4.88. The second-order valence-corrected chi connectivity index (χ2v) is 7.29. The van der Waals surface area contributed by atoms with E-state index < -0.39 is 6.03 Å². The summed E-state index contributed by atoms with van der Waals surface area (Å²) in [7, 11) is 1.55. The van der Waals surface area contributed by atoms with Gasteiger partial charge in [-0.1, -0.05) is 11.3 Å². The molecule has 0 fully saturated rings. The SMILES string of the molecule is CCNc1ccc(C(=O)C2=C(O)c3sc(NC(=O)NCCOC)nc3CC2)cn1. The third kappa shape index (κ3) is 4.90. The number of Topliss-reactive ketones (excluding diaryl/α,β-unsaturated/α-hetero) is 1. The van der Waals surface area contributed by atoms with E-state index in [1.165, 1.54) is 6.20 Å². The Kier molecular flexibility index (Phi) is 6.78. The number of urea groups is 1. The van der Waals surface area contributed by atoms with Crippen LogP contribution in [0.3, 0.4) is 0 Å². The number of thiazole rings is 1. The summed E-state index contributed by atoms with van der Waals surface area (Å²) in [5, 5.41) is 19.4. The van der Waals surface area contributed by atoms with Crippen molar-refractivity contribution in [2.24, 2.45) is 0 Å². The number of nitrogens with zero attached hydrogens (tertiary/aromatic N) is 2. The third-order valence-corrected chi connectivity index (χ3v) is 5.30. The molecular weight excluding hydrogens is 394 g/mol. The van der Waals surface area contributed by atoms with Crippen molar-refractivity contribution in [3.05, 3.63) is 40.0 Å². The van der Waals surface area contributed by atoms with E-state index in [-0.39, 0.29) is 11.5 Å². The number of aliphatic hydroxyl groups excluding tert-OH is 1. The molecule has 29 heavy (non-hydrogen) atoms. The molecule has 0 saturated heterocycles. The molecule has 4 N–H and O–H groups in total. The molecule has 1 aliphatic carbocycles. The Balaban J connectivity index is 1.74. The molecule has 0 spiro atoms. The number of carbonyl (C=O) groups excluding carboxylic acids is 2. The Bertz CT molecular complexity index is 923. The fourth-order valence-corrected chi connectivity index (χ4v) is 3.85. The lowest BCUT2D eigenvalue weighted by atomic mass is 9.93. The number of hydrogen-bond donors (Lipinski definition) is 4. The number of allylic oxidation sites excluding steroid dienone is 1. The lowest BCUT2D eigenvalue weighted by molar-refractivity contribution is 0.102. The highest BCUT2D eigenvalue weighted by molar-refractivity contribution is 7.16. The molecule has 9 nitrogen and oxygen atoms in total. The zero-order valence-electron chi connectivity index (χ0n) is 16.2. The Morgan fingerprint density at radius 2 is 2.14 bits per heavy atom. The van der Waals surface area contributed by atoms with Crippen LogP contribution in [0.1, 0.15) is 34.3 Å². The van der Waals surface area contributed by atoms with Crippen LogP contribution in [0, 0.1) is 0 Å². The van der Waals surface area contributed by atoms with Crippen molar-refractivity contribution in [3.63, 3.8) is 0 Å². The number of methoxy groups -OCH3 is 1. The molecular formula is C19H23N5O4S. The summed E-state index contributed by atoms with van der Waals surface area (Å²) in [6, 6.07) is 3.02. The fourth-order valence-electron chi connectivity index (χ4n) is 2.88. The van der Waals surface area contributed by atoms with Gasteiger partial charge in [0.2, 0.25) is 0 Å². The van der Waals surface area contributed by atoms with Gasteiger partial charge in [0.25, 0.3) is 0 Å². The Labute approximate surface area is 172 Å². The smallest absolute Gasteiger partial charge is 0.321 e. The molecule has 10 heteroatoms. The molecule has 1 aliphatic rings. The summed E-state index contributed by atoms with van der Waals surface area (Å²) in [6.07, 6.45) is 2.38. The molecule has 0 atom stereocenters. The van der Waals surface area contributed by atoms with Gasteiger partial charge in [-0.05, 0) is 31.9 Å². The van der Waals surface area contributed by atoms with Gasteiger partial charge in [0.1, 0.15) is 11.6 Å². The van der Waals surface area contributed by atoms with Gasteiger partial charge in [0.15, 0.2) is 10.9 Å². The van der Waals surface area contributed by atoms with E-state index in [0.717, 1.165) is 17.9 Å². The maximum atomic E-state index is 12.8. The van der Waals surface area contributed by atoms with Crippen LogP contribution >= 0.6 is 11.3 Å². The maximum Gasteiger partial charge on any atom is 0.321 e. The molecule has 154 valence electrons. The van der Waals surface area contributed by atoms with Crippen molar-refractivity contribution < 1.29 is 19.4 Å². The number of aromatic nitrogens is 2. The third-order valence-electron chi connectivity index (χ3n) is 4.28. The first-order chi connectivity index (χ1) is 14.0. The molecule has 0 radical (unpaired) electrons. The number of nitrogens with one attached hydrogen (secondary N) is 3. The summed E-state index contributed by atoms with van der Waals surface area (Å²) in [6.45, 7) is 3.48. The molecule has 2 aromatic heterocycles. The van der Waals surface area contributed by atoms with E-state index >= 15 is 0 Å². The average molecular weight is 417 g/mol. The highest BCUT2D eigenvalue weighted by Gasteiger charge is 2.28. The van der Waals surface area contributed by atoms with Crippen LogP contribution in [-0.4, -0.2) is 53.7 Å². The van der Waals surface area contributed by atoms with Crippen LogP contribution < -0.4 is 16.0 Å². The lowest BCUT2D eigenvalue weighted by Gasteiger charge is -2.14. The average Bonchev–Trinajstić information content (AvgIpc) is 3.12. The van der Waals surface area contributed by atoms with Crippen LogP contribution in [0.2, 0.25) is 0 Å². The number of fused-ring (bicyclic) bond motifs is 1. The second-order valence-electron chi connectivity index (χ2n) is 6.29. The summed E-state index contributed by atoms with van der Waals surface area (Å²) in [5.74, 6) is 0.344. The van der Waals surface area contributed by atoms with E-state index in [2.05, 4.69) is 25.9 Å². The Morgan fingerprint density at radius 3 is 2.83 bits per heavy atom. The van der Waals surface area contributed by atoms with E-state index in [1.54, 1.807) is 19.2 Å². The summed E-state index contributed by atoms with van der Waals surface area (Å²) in [4.78, 5) is 33.8. The fraction of sp³-hybridized carbons (Fsp3) is 0.368. The zero-order chi connectivity index (χ0) is 20.8. The first-order valence-corrected chi connectivity index (χ1v) is 10.1. The Morgan fingerprint density at radius 1 is 1.31 bits per heavy atom. The van der Waals surface area contributed by atoms with Crippen molar-refractivity contribution in [1.82, 2.24) is 15.3 Å². The van der Waals surface area contributed by atoms with E-state index in [0.29, 0.717) is 58.7 Å². The van der Waals surface area contributed by atoms with Crippen LogP contribution in [0.15, 0.2) is 23.9 Å². The van der Waals surface area contributed by atoms with Gasteiger partial charge >= 0.3 is 6.03 Å². The van der Waals surface area contributed by atoms with Gasteiger partial charge in [-0.2, -0.15) is 0 Å². The van der Waals surface area contributed by atoms with Gasteiger partial charge in [-0.3, -0.25) is 10.1 Å². The van der Waals surface area contributed by atoms with Gasteiger partial charge in [0.05, 0.1) is 17.2 Å². The van der Waals surface area contributed by atoms with Gasteiger partial charge in [-0.25, -0.2) is 14.8 Å². The summed E-state index contributed by atoms with van der Waals surface area (Å²) in [5.41, 5.74) is 1.41. The van der Waals surface area contributed by atoms with Crippen LogP contribution in [0.25, 0.3) is 5.76 Å². The van der Waals surface area contributed by atoms with Crippen molar-refractivity contribution in [2.45, 2.75) is 19.8 Å². The minimum Gasteiger partial charge on any atom is -0.506 e. The predicted octanol–water partition coefficient (Wildman–Crippen LogP) is 2.84. The van der Waals surface area contributed by atoms with Crippen LogP contribution in [0.5, 0.6) is 0 Å². The van der Waals surface area contributed by atoms with Crippen molar-refractivity contribution in [2.75, 3.05) is 37.4 Å². The van der Waals surface area contributed by atoms with E-state index in [9.17, 15) is 14.7 Å². The number of hydrogen-bond acceptors (Lipinski definition) is 8. The van der Waals surface area contributed by atoms with E-state index in [4.69, 9.17) is 4.74 Å². The number of rotatable bonds is 8. The maximum absolute atomic E-state index is 12.8. The number of pyridine rings is 1. The van der Waals surface area contributed by atoms with Crippen LogP contribution in [0.4, 0.5) is 15.7 Å². The molecule has 0 unspecified atom stereocenters. The number of aliphatic hydroxyl groups is 1. The molecule has 2 amide bonds. The molecule has 0 aliphatic heterocycles. The van der Waals surface area contributed by atoms with Gasteiger partial charge in [0, 0.05) is 37.5 Å². The monoisotopic (exact) mass is 417 g/mol. The zero-order valence-corrected chi connectivity index (χ0v) is 17.1. The second kappa shape index (κ2) is 9.48. The molecule has 0 bridgehead atoms.